The van der Waals surface area contributed by atoms with Crippen LogP contribution in [0.5, 0.6) is 5.75 Å². The maximum Gasteiger partial charge on any atom is 0.127 e. The average molecular weight is 368 g/mol. The van der Waals surface area contributed by atoms with Crippen LogP contribution in [0.15, 0.2) is 89.9 Å². The van der Waals surface area contributed by atoms with Crippen LogP contribution in [0.1, 0.15) is 16.7 Å². The molecule has 1 heterocycles. The van der Waals surface area contributed by atoms with Gasteiger partial charge in [-0.1, -0.05) is 66.7 Å². The molecule has 0 amide bonds. The van der Waals surface area contributed by atoms with Crippen molar-refractivity contribution in [3.8, 4) is 5.75 Å². The van der Waals surface area contributed by atoms with Crippen LogP contribution >= 0.6 is 0 Å². The van der Waals surface area contributed by atoms with Crippen molar-refractivity contribution in [2.45, 2.75) is 6.61 Å². The summed E-state index contributed by atoms with van der Waals surface area (Å²) in [7, 11) is 2.12. The smallest absolute Gasteiger partial charge is 0.127 e. The van der Waals surface area contributed by atoms with Crippen molar-refractivity contribution in [2.24, 2.45) is 4.99 Å². The van der Waals surface area contributed by atoms with Gasteiger partial charge in [0.15, 0.2) is 0 Å². The second kappa shape index (κ2) is 8.57. The van der Waals surface area contributed by atoms with Gasteiger partial charge in [-0.2, -0.15) is 0 Å². The van der Waals surface area contributed by atoms with E-state index in [-0.39, 0.29) is 0 Å². The maximum atomic E-state index is 6.07. The third-order valence-corrected chi connectivity index (χ3v) is 4.89. The van der Waals surface area contributed by atoms with Crippen molar-refractivity contribution < 1.29 is 4.74 Å². The van der Waals surface area contributed by atoms with E-state index in [2.05, 4.69) is 66.6 Å². The van der Waals surface area contributed by atoms with E-state index in [0.29, 0.717) is 6.61 Å². The summed E-state index contributed by atoms with van der Waals surface area (Å²) >= 11 is 0. The predicted octanol–water partition coefficient (Wildman–Crippen LogP) is 5.22. The van der Waals surface area contributed by atoms with E-state index in [4.69, 9.17) is 9.73 Å². The largest absolute Gasteiger partial charge is 0.488 e. The van der Waals surface area contributed by atoms with E-state index in [1.165, 1.54) is 11.3 Å². The quantitative estimate of drug-likeness (QED) is 0.617. The molecule has 0 saturated carbocycles. The standard InChI is InChI=1S/C25H24N2O/c1-27-18-17-26-23(22-12-6-7-13-24(22)27)16-15-21-11-5-8-14-25(21)28-19-20-9-3-2-4-10-20/h2-16H,17-19H2,1H3/b16-15+. The van der Waals surface area contributed by atoms with Crippen LogP contribution in [0.2, 0.25) is 0 Å². The lowest BCUT2D eigenvalue weighted by atomic mass is 10.1. The Bertz CT molecular complexity index is 992. The Labute approximate surface area is 166 Å². The van der Waals surface area contributed by atoms with E-state index in [9.17, 15) is 0 Å². The fraction of sp³-hybridized carbons (Fsp3) is 0.160. The molecule has 0 saturated heterocycles. The van der Waals surface area contributed by atoms with Gasteiger partial charge in [-0.15, -0.1) is 0 Å². The average Bonchev–Trinajstić information content (AvgIpc) is 2.91. The number of para-hydroxylation sites is 2. The molecule has 0 fully saturated rings. The normalized spacial score (nSPS) is 13.8. The number of ether oxygens (including phenoxy) is 1. The van der Waals surface area contributed by atoms with Gasteiger partial charge in [0, 0.05) is 30.4 Å². The number of benzodiazepines with no additional fused rings is 1. The Kier molecular flexibility index (Phi) is 5.53. The molecule has 140 valence electrons. The lowest BCUT2D eigenvalue weighted by Gasteiger charge is -2.18. The first kappa shape index (κ1) is 18.1. The van der Waals surface area contributed by atoms with E-state index >= 15 is 0 Å². The van der Waals surface area contributed by atoms with Crippen LogP contribution in [-0.2, 0) is 6.61 Å². The van der Waals surface area contributed by atoms with Crippen LogP contribution in [0, 0.1) is 0 Å². The van der Waals surface area contributed by atoms with Crippen LogP contribution in [0.4, 0.5) is 5.69 Å². The fourth-order valence-corrected chi connectivity index (χ4v) is 3.35. The van der Waals surface area contributed by atoms with Gasteiger partial charge in [0.05, 0.1) is 12.3 Å². The van der Waals surface area contributed by atoms with Crippen molar-refractivity contribution >= 4 is 17.5 Å². The number of rotatable bonds is 5. The molecule has 3 nitrogen and oxygen atoms in total. The first-order valence-corrected chi connectivity index (χ1v) is 9.60. The zero-order chi connectivity index (χ0) is 19.2. The molecule has 0 N–H and O–H groups in total. The minimum Gasteiger partial charge on any atom is -0.488 e. The lowest BCUT2D eigenvalue weighted by Crippen LogP contribution is -2.20. The van der Waals surface area contributed by atoms with E-state index in [0.717, 1.165) is 35.7 Å². The Morgan fingerprint density at radius 3 is 2.54 bits per heavy atom. The molecule has 3 aromatic carbocycles. The molecule has 0 spiro atoms. The van der Waals surface area contributed by atoms with E-state index in [1.807, 2.05) is 36.4 Å². The first-order chi connectivity index (χ1) is 13.8. The molecule has 28 heavy (non-hydrogen) atoms. The van der Waals surface area contributed by atoms with Gasteiger partial charge in [-0.25, -0.2) is 0 Å². The number of anilines is 1. The summed E-state index contributed by atoms with van der Waals surface area (Å²) in [5, 5.41) is 0. The molecule has 0 aromatic heterocycles. The van der Waals surface area contributed by atoms with Gasteiger partial charge in [0.2, 0.25) is 0 Å². The molecular formula is C25H24N2O. The van der Waals surface area contributed by atoms with Crippen molar-refractivity contribution in [1.29, 1.82) is 0 Å². The highest BCUT2D eigenvalue weighted by atomic mass is 16.5. The summed E-state index contributed by atoms with van der Waals surface area (Å²) in [5.41, 5.74) is 5.61. The maximum absolute atomic E-state index is 6.07. The number of nitrogens with zero attached hydrogens (tertiary/aromatic N) is 2. The molecule has 0 radical (unpaired) electrons. The number of fused-ring (bicyclic) bond motifs is 1. The monoisotopic (exact) mass is 368 g/mol. The third kappa shape index (κ3) is 4.15. The summed E-state index contributed by atoms with van der Waals surface area (Å²) in [6, 6.07) is 26.8. The fourth-order valence-electron chi connectivity index (χ4n) is 3.35. The molecule has 1 aliphatic rings. The summed E-state index contributed by atoms with van der Waals surface area (Å²) < 4.78 is 6.07. The van der Waals surface area contributed by atoms with Crippen LogP contribution < -0.4 is 9.64 Å². The Balaban J connectivity index is 1.57. The Hall–Kier alpha value is -3.33. The number of likely N-dealkylation sites (N-methyl/N-ethyl adjacent to an activating group) is 1. The lowest BCUT2D eigenvalue weighted by molar-refractivity contribution is 0.305. The van der Waals surface area contributed by atoms with Gasteiger partial charge < -0.3 is 9.64 Å². The third-order valence-electron chi connectivity index (χ3n) is 4.89. The summed E-state index contributed by atoms with van der Waals surface area (Å²) in [6.07, 6.45) is 4.20. The van der Waals surface area contributed by atoms with Crippen LogP contribution in [0.3, 0.4) is 0 Å². The van der Waals surface area contributed by atoms with Gasteiger partial charge >= 0.3 is 0 Å². The van der Waals surface area contributed by atoms with Gasteiger partial charge in [0.25, 0.3) is 0 Å². The zero-order valence-electron chi connectivity index (χ0n) is 16.1. The van der Waals surface area contributed by atoms with Crippen molar-refractivity contribution in [2.75, 3.05) is 25.0 Å². The van der Waals surface area contributed by atoms with Gasteiger partial charge in [-0.05, 0) is 29.8 Å². The summed E-state index contributed by atoms with van der Waals surface area (Å²) in [4.78, 5) is 7.06. The van der Waals surface area contributed by atoms with Gasteiger partial charge in [0.1, 0.15) is 12.4 Å². The van der Waals surface area contributed by atoms with Crippen molar-refractivity contribution in [3.63, 3.8) is 0 Å². The number of aliphatic imine (C=N–C) groups is 1. The highest BCUT2D eigenvalue weighted by Crippen LogP contribution is 2.25. The summed E-state index contributed by atoms with van der Waals surface area (Å²) in [5.74, 6) is 0.877. The number of hydrogen-bond donors (Lipinski definition) is 0. The molecule has 0 atom stereocenters. The molecule has 1 aliphatic heterocycles. The zero-order valence-corrected chi connectivity index (χ0v) is 16.1. The van der Waals surface area contributed by atoms with E-state index in [1.54, 1.807) is 0 Å². The van der Waals surface area contributed by atoms with Crippen LogP contribution in [-0.4, -0.2) is 25.8 Å². The number of allylic oxidation sites excluding steroid dienone is 1. The minimum atomic E-state index is 0.556. The number of hydrogen-bond acceptors (Lipinski definition) is 3. The Morgan fingerprint density at radius 1 is 0.893 bits per heavy atom. The van der Waals surface area contributed by atoms with Crippen molar-refractivity contribution in [3.05, 3.63) is 102 Å². The second-order valence-corrected chi connectivity index (χ2v) is 6.85. The topological polar surface area (TPSA) is 24.8 Å². The molecular weight excluding hydrogens is 344 g/mol. The first-order valence-electron chi connectivity index (χ1n) is 9.60. The predicted molar refractivity (Wildman–Crippen MR) is 117 cm³/mol. The summed E-state index contributed by atoms with van der Waals surface area (Å²) in [6.45, 7) is 2.27. The molecule has 0 bridgehead atoms. The molecule has 3 heteroatoms. The molecule has 0 unspecified atom stereocenters. The van der Waals surface area contributed by atoms with Crippen LogP contribution in [0.25, 0.3) is 6.08 Å². The SMILES string of the molecule is CN1CCN=C(/C=C/c2ccccc2OCc2ccccc2)c2ccccc21. The second-order valence-electron chi connectivity index (χ2n) is 6.85. The highest BCUT2D eigenvalue weighted by molar-refractivity contribution is 6.14. The van der Waals surface area contributed by atoms with E-state index < -0.39 is 0 Å². The minimum absolute atomic E-state index is 0.556. The highest BCUT2D eigenvalue weighted by Gasteiger charge is 2.13. The Morgan fingerprint density at radius 2 is 1.64 bits per heavy atom. The van der Waals surface area contributed by atoms with Gasteiger partial charge in [-0.3, -0.25) is 4.99 Å². The number of benzene rings is 3. The molecule has 4 rings (SSSR count). The molecule has 3 aromatic rings. The molecule has 0 aliphatic carbocycles. The van der Waals surface area contributed by atoms with Crippen molar-refractivity contribution in [1.82, 2.24) is 0 Å².